The molecular weight excluding hydrogens is 284 g/mol. The third kappa shape index (κ3) is 2.64. The van der Waals surface area contributed by atoms with E-state index in [9.17, 15) is 9.59 Å². The van der Waals surface area contributed by atoms with Gasteiger partial charge in [-0.1, -0.05) is 5.16 Å². The number of ketones is 1. The van der Waals surface area contributed by atoms with Gasteiger partial charge in [0.2, 0.25) is 11.5 Å². The molecule has 0 amide bonds. The number of hydrogen-bond donors (Lipinski definition) is 0. The molecule has 0 bridgehead atoms. The number of esters is 1. The highest BCUT2D eigenvalue weighted by Crippen LogP contribution is 2.43. The van der Waals surface area contributed by atoms with E-state index in [1.54, 1.807) is 19.1 Å². The Kier molecular flexibility index (Phi) is 3.75. The molecule has 114 valence electrons. The molecule has 0 saturated heterocycles. The van der Waals surface area contributed by atoms with Crippen LogP contribution in [0.4, 0.5) is 0 Å². The highest BCUT2D eigenvalue weighted by atomic mass is 16.5. The molecule has 0 unspecified atom stereocenters. The molecule has 0 N–H and O–H groups in total. The molecule has 2 aromatic rings. The second-order valence-electron chi connectivity index (χ2n) is 5.28. The number of nitrogens with zero attached hydrogens (tertiary/aromatic N) is 2. The molecule has 1 aliphatic carbocycles. The fourth-order valence-electron chi connectivity index (χ4n) is 2.23. The van der Waals surface area contributed by atoms with Crippen LogP contribution in [0.2, 0.25) is 0 Å². The van der Waals surface area contributed by atoms with Crippen LogP contribution >= 0.6 is 0 Å². The van der Waals surface area contributed by atoms with Gasteiger partial charge in [-0.2, -0.15) is 0 Å². The minimum atomic E-state index is -0.637. The molecule has 6 nitrogen and oxygen atoms in total. The summed E-state index contributed by atoms with van der Waals surface area (Å²) in [5.41, 5.74) is 1.39. The summed E-state index contributed by atoms with van der Waals surface area (Å²) >= 11 is 0. The van der Waals surface area contributed by atoms with Gasteiger partial charge in [0.25, 0.3) is 0 Å². The quantitative estimate of drug-likeness (QED) is 0.623. The number of aromatic nitrogens is 2. The van der Waals surface area contributed by atoms with E-state index in [0.29, 0.717) is 11.3 Å². The van der Waals surface area contributed by atoms with Crippen molar-refractivity contribution in [3.8, 4) is 0 Å². The minimum absolute atomic E-state index is 0.0469. The SMILES string of the molecule is CCOC(=O)c1noc(C2CC2)c1C(=O)c1ccc(C)nc1. The Hall–Kier alpha value is -2.50. The Morgan fingerprint density at radius 1 is 1.36 bits per heavy atom. The zero-order valence-corrected chi connectivity index (χ0v) is 12.5. The summed E-state index contributed by atoms with van der Waals surface area (Å²) in [5.74, 6) is -0.304. The monoisotopic (exact) mass is 300 g/mol. The molecule has 0 aliphatic heterocycles. The first-order valence-corrected chi connectivity index (χ1v) is 7.25. The lowest BCUT2D eigenvalue weighted by Crippen LogP contribution is -2.13. The van der Waals surface area contributed by atoms with Gasteiger partial charge in [0, 0.05) is 23.4 Å². The fourth-order valence-corrected chi connectivity index (χ4v) is 2.23. The lowest BCUT2D eigenvalue weighted by atomic mass is 10.0. The summed E-state index contributed by atoms with van der Waals surface area (Å²) in [6, 6.07) is 3.44. The molecule has 0 aromatic carbocycles. The first-order valence-electron chi connectivity index (χ1n) is 7.25. The third-order valence-electron chi connectivity index (χ3n) is 3.54. The molecule has 2 aromatic heterocycles. The van der Waals surface area contributed by atoms with E-state index in [0.717, 1.165) is 18.5 Å². The van der Waals surface area contributed by atoms with E-state index >= 15 is 0 Å². The summed E-state index contributed by atoms with van der Waals surface area (Å²) < 4.78 is 10.2. The van der Waals surface area contributed by atoms with Crippen LogP contribution in [0.3, 0.4) is 0 Å². The van der Waals surface area contributed by atoms with Crippen LogP contribution in [0.1, 0.15) is 63.5 Å². The van der Waals surface area contributed by atoms with Crippen molar-refractivity contribution in [2.45, 2.75) is 32.6 Å². The van der Waals surface area contributed by atoms with Crippen LogP contribution in [0, 0.1) is 6.92 Å². The molecule has 1 aliphatic rings. The molecule has 1 saturated carbocycles. The maximum Gasteiger partial charge on any atom is 0.361 e. The second kappa shape index (κ2) is 5.71. The highest BCUT2D eigenvalue weighted by molar-refractivity contribution is 6.14. The predicted octanol–water partition coefficient (Wildman–Crippen LogP) is 2.66. The molecule has 3 rings (SSSR count). The van der Waals surface area contributed by atoms with Crippen LogP contribution in [0.25, 0.3) is 0 Å². The Morgan fingerprint density at radius 2 is 2.14 bits per heavy atom. The highest BCUT2D eigenvalue weighted by Gasteiger charge is 2.37. The smallest absolute Gasteiger partial charge is 0.361 e. The number of hydrogen-bond acceptors (Lipinski definition) is 6. The molecule has 1 fully saturated rings. The first-order chi connectivity index (χ1) is 10.6. The Balaban J connectivity index is 2.03. The Morgan fingerprint density at radius 3 is 2.73 bits per heavy atom. The van der Waals surface area contributed by atoms with Gasteiger partial charge in [0.15, 0.2) is 5.76 Å². The van der Waals surface area contributed by atoms with Crippen molar-refractivity contribution in [2.24, 2.45) is 0 Å². The second-order valence-corrected chi connectivity index (χ2v) is 5.28. The standard InChI is InChI=1S/C16H16N2O4/c1-3-21-16(20)13-12(15(22-18-13)10-6-7-10)14(19)11-5-4-9(2)17-8-11/h4-5,8,10H,3,6-7H2,1-2H3. The van der Waals surface area contributed by atoms with Gasteiger partial charge in [-0.3, -0.25) is 9.78 Å². The number of carbonyl (C=O) groups is 2. The summed E-state index contributed by atoms with van der Waals surface area (Å²) in [6.07, 6.45) is 3.37. The van der Waals surface area contributed by atoms with Crippen molar-refractivity contribution < 1.29 is 18.8 Å². The molecular formula is C16H16N2O4. The zero-order valence-electron chi connectivity index (χ0n) is 12.5. The van der Waals surface area contributed by atoms with Gasteiger partial charge in [-0.25, -0.2) is 4.79 Å². The fraction of sp³-hybridized carbons (Fsp3) is 0.375. The largest absolute Gasteiger partial charge is 0.461 e. The van der Waals surface area contributed by atoms with Crippen LogP contribution in [0.5, 0.6) is 0 Å². The van der Waals surface area contributed by atoms with Gasteiger partial charge in [0.05, 0.1) is 6.61 Å². The van der Waals surface area contributed by atoms with Crippen molar-refractivity contribution >= 4 is 11.8 Å². The normalized spacial score (nSPS) is 13.9. The van der Waals surface area contributed by atoms with E-state index in [-0.39, 0.29) is 29.6 Å². The van der Waals surface area contributed by atoms with E-state index in [2.05, 4.69) is 10.1 Å². The van der Waals surface area contributed by atoms with E-state index in [1.807, 2.05) is 6.92 Å². The van der Waals surface area contributed by atoms with Crippen LogP contribution in [0.15, 0.2) is 22.9 Å². The summed E-state index contributed by atoms with van der Waals surface area (Å²) in [5, 5.41) is 3.77. The lowest BCUT2D eigenvalue weighted by Gasteiger charge is -2.03. The average molecular weight is 300 g/mol. The summed E-state index contributed by atoms with van der Waals surface area (Å²) in [6.45, 7) is 3.75. The number of aryl methyl sites for hydroxylation is 1. The van der Waals surface area contributed by atoms with Gasteiger partial charge in [0.1, 0.15) is 5.56 Å². The van der Waals surface area contributed by atoms with Gasteiger partial charge < -0.3 is 9.26 Å². The van der Waals surface area contributed by atoms with Crippen LogP contribution < -0.4 is 0 Å². The Labute approximate surface area is 127 Å². The summed E-state index contributed by atoms with van der Waals surface area (Å²) in [7, 11) is 0. The lowest BCUT2D eigenvalue weighted by molar-refractivity contribution is 0.0512. The van der Waals surface area contributed by atoms with Crippen molar-refractivity contribution in [3.63, 3.8) is 0 Å². The zero-order chi connectivity index (χ0) is 15.7. The topological polar surface area (TPSA) is 82.3 Å². The number of ether oxygens (including phenoxy) is 1. The molecule has 0 spiro atoms. The van der Waals surface area contributed by atoms with Gasteiger partial charge >= 0.3 is 5.97 Å². The Bertz CT molecular complexity index is 714. The first kappa shape index (κ1) is 14.4. The molecule has 0 atom stereocenters. The number of rotatable bonds is 5. The average Bonchev–Trinajstić information content (AvgIpc) is 3.26. The van der Waals surface area contributed by atoms with Crippen molar-refractivity contribution in [1.29, 1.82) is 0 Å². The van der Waals surface area contributed by atoms with Crippen molar-refractivity contribution in [2.75, 3.05) is 6.61 Å². The van der Waals surface area contributed by atoms with Gasteiger partial charge in [-0.05, 0) is 38.8 Å². The van der Waals surface area contributed by atoms with Crippen LogP contribution in [-0.4, -0.2) is 28.5 Å². The van der Waals surface area contributed by atoms with Crippen molar-refractivity contribution in [3.05, 3.63) is 46.6 Å². The van der Waals surface area contributed by atoms with E-state index < -0.39 is 5.97 Å². The third-order valence-corrected chi connectivity index (χ3v) is 3.54. The minimum Gasteiger partial charge on any atom is -0.461 e. The van der Waals surface area contributed by atoms with Crippen LogP contribution in [-0.2, 0) is 4.74 Å². The van der Waals surface area contributed by atoms with Gasteiger partial charge in [-0.15, -0.1) is 0 Å². The maximum atomic E-state index is 12.8. The number of carbonyl (C=O) groups excluding carboxylic acids is 2. The summed E-state index contributed by atoms with van der Waals surface area (Å²) in [4.78, 5) is 28.9. The molecule has 22 heavy (non-hydrogen) atoms. The van der Waals surface area contributed by atoms with Crippen molar-refractivity contribution in [1.82, 2.24) is 10.1 Å². The predicted molar refractivity (Wildman–Crippen MR) is 76.8 cm³/mol. The molecule has 2 heterocycles. The number of pyridine rings is 1. The molecule has 0 radical (unpaired) electrons. The maximum absolute atomic E-state index is 12.8. The van der Waals surface area contributed by atoms with E-state index in [1.165, 1.54) is 6.20 Å². The van der Waals surface area contributed by atoms with E-state index in [4.69, 9.17) is 9.26 Å². The molecule has 6 heteroatoms.